The number of amides is 2. The molecule has 0 spiro atoms. The first-order valence-electron chi connectivity index (χ1n) is 7.19. The van der Waals surface area contributed by atoms with E-state index >= 15 is 0 Å². The quantitative estimate of drug-likeness (QED) is 0.583. The zero-order chi connectivity index (χ0) is 15.3. The molecule has 1 fully saturated rings. The van der Waals surface area contributed by atoms with Crippen LogP contribution in [0.15, 0.2) is 29.3 Å². The Hall–Kier alpha value is -1.61. The van der Waals surface area contributed by atoms with Gasteiger partial charge in [0.2, 0.25) is 11.8 Å². The predicted molar refractivity (Wildman–Crippen MR) is 83.3 cm³/mol. The molecule has 0 N–H and O–H groups in total. The molecule has 1 saturated heterocycles. The van der Waals surface area contributed by atoms with Crippen LogP contribution in [-0.4, -0.2) is 11.8 Å². The van der Waals surface area contributed by atoms with Crippen molar-refractivity contribution in [2.45, 2.75) is 33.6 Å². The normalized spacial score (nSPS) is 25.6. The van der Waals surface area contributed by atoms with Gasteiger partial charge in [-0.2, -0.15) is 0 Å². The standard InChI is InChI=1S/C17H18ClNO2/c1-9-4-5-12(8-15(9)18)19-16(20)13-6-10(2)11(3)7-14(13)17(19)21/h4-5,8,13-14H,6-7H2,1-3H3. The molecule has 0 bridgehead atoms. The first-order valence-corrected chi connectivity index (χ1v) is 7.57. The smallest absolute Gasteiger partial charge is 0.238 e. The van der Waals surface area contributed by atoms with Crippen LogP contribution in [-0.2, 0) is 9.59 Å². The van der Waals surface area contributed by atoms with Crippen LogP contribution in [0.25, 0.3) is 0 Å². The van der Waals surface area contributed by atoms with Gasteiger partial charge in [0.05, 0.1) is 17.5 Å². The van der Waals surface area contributed by atoms with Crippen molar-refractivity contribution in [3.8, 4) is 0 Å². The average Bonchev–Trinajstić information content (AvgIpc) is 2.66. The van der Waals surface area contributed by atoms with E-state index in [4.69, 9.17) is 11.6 Å². The van der Waals surface area contributed by atoms with E-state index in [1.807, 2.05) is 13.0 Å². The molecule has 1 aromatic rings. The van der Waals surface area contributed by atoms with E-state index in [0.29, 0.717) is 23.6 Å². The topological polar surface area (TPSA) is 37.4 Å². The summed E-state index contributed by atoms with van der Waals surface area (Å²) in [7, 11) is 0. The number of allylic oxidation sites excluding steroid dienone is 2. The summed E-state index contributed by atoms with van der Waals surface area (Å²) >= 11 is 6.13. The van der Waals surface area contributed by atoms with Gasteiger partial charge in [0.15, 0.2) is 0 Å². The Labute approximate surface area is 129 Å². The number of hydrogen-bond acceptors (Lipinski definition) is 2. The van der Waals surface area contributed by atoms with Crippen molar-refractivity contribution in [1.82, 2.24) is 0 Å². The van der Waals surface area contributed by atoms with Crippen molar-refractivity contribution < 1.29 is 9.59 Å². The Morgan fingerprint density at radius 3 is 2.00 bits per heavy atom. The van der Waals surface area contributed by atoms with Gasteiger partial charge in [-0.05, 0) is 51.3 Å². The second kappa shape index (κ2) is 4.99. The summed E-state index contributed by atoms with van der Waals surface area (Å²) in [6.07, 6.45) is 1.38. The van der Waals surface area contributed by atoms with E-state index in [1.165, 1.54) is 16.0 Å². The zero-order valence-electron chi connectivity index (χ0n) is 12.4. The SMILES string of the molecule is CC1=C(C)CC2C(=O)N(c3ccc(C)c(Cl)c3)C(=O)C2C1. The summed E-state index contributed by atoms with van der Waals surface area (Å²) < 4.78 is 0. The number of fused-ring (bicyclic) bond motifs is 1. The highest BCUT2D eigenvalue weighted by Gasteiger charge is 2.49. The molecule has 2 unspecified atom stereocenters. The number of anilines is 1. The lowest BCUT2D eigenvalue weighted by Crippen LogP contribution is -2.30. The maximum absolute atomic E-state index is 12.6. The fraction of sp³-hybridized carbons (Fsp3) is 0.412. The highest BCUT2D eigenvalue weighted by molar-refractivity contribution is 6.32. The number of benzene rings is 1. The lowest BCUT2D eigenvalue weighted by molar-refractivity contribution is -0.122. The predicted octanol–water partition coefficient (Wildman–Crippen LogP) is 3.88. The van der Waals surface area contributed by atoms with Crippen LogP contribution < -0.4 is 4.90 Å². The number of carbonyl (C=O) groups is 2. The minimum absolute atomic E-state index is 0.0863. The van der Waals surface area contributed by atoms with Crippen molar-refractivity contribution in [1.29, 1.82) is 0 Å². The molecule has 110 valence electrons. The molecule has 1 heterocycles. The van der Waals surface area contributed by atoms with Gasteiger partial charge in [-0.25, -0.2) is 4.90 Å². The Balaban J connectivity index is 1.98. The number of rotatable bonds is 1. The molecular weight excluding hydrogens is 286 g/mol. The molecule has 1 aliphatic heterocycles. The summed E-state index contributed by atoms with van der Waals surface area (Å²) in [5.41, 5.74) is 4.00. The van der Waals surface area contributed by atoms with Gasteiger partial charge >= 0.3 is 0 Å². The lowest BCUT2D eigenvalue weighted by atomic mass is 9.78. The number of hydrogen-bond donors (Lipinski definition) is 0. The van der Waals surface area contributed by atoms with Crippen LogP contribution >= 0.6 is 11.6 Å². The summed E-state index contributed by atoms with van der Waals surface area (Å²) in [4.78, 5) is 26.6. The highest BCUT2D eigenvalue weighted by Crippen LogP contribution is 2.42. The van der Waals surface area contributed by atoms with Gasteiger partial charge in [0, 0.05) is 5.02 Å². The number of carbonyl (C=O) groups excluding carboxylic acids is 2. The minimum Gasteiger partial charge on any atom is -0.274 e. The molecular formula is C17H18ClNO2. The zero-order valence-corrected chi connectivity index (χ0v) is 13.2. The third-order valence-corrected chi connectivity index (χ3v) is 5.16. The number of imide groups is 1. The molecule has 1 aliphatic carbocycles. The average molecular weight is 304 g/mol. The second-order valence-electron chi connectivity index (χ2n) is 6.13. The van der Waals surface area contributed by atoms with Gasteiger partial charge in [-0.3, -0.25) is 9.59 Å². The number of halogens is 1. The third-order valence-electron chi connectivity index (χ3n) is 4.76. The van der Waals surface area contributed by atoms with Gasteiger partial charge in [-0.15, -0.1) is 0 Å². The van der Waals surface area contributed by atoms with Crippen LogP contribution in [0.2, 0.25) is 5.02 Å². The van der Waals surface area contributed by atoms with Crippen LogP contribution in [0.4, 0.5) is 5.69 Å². The molecule has 1 aromatic carbocycles. The molecule has 3 nitrogen and oxygen atoms in total. The molecule has 4 heteroatoms. The van der Waals surface area contributed by atoms with E-state index in [-0.39, 0.29) is 23.7 Å². The number of nitrogens with zero attached hydrogens (tertiary/aromatic N) is 1. The van der Waals surface area contributed by atoms with Gasteiger partial charge in [-0.1, -0.05) is 28.8 Å². The van der Waals surface area contributed by atoms with Crippen molar-refractivity contribution in [3.05, 3.63) is 39.9 Å². The van der Waals surface area contributed by atoms with Gasteiger partial charge in [0.1, 0.15) is 0 Å². The van der Waals surface area contributed by atoms with Gasteiger partial charge < -0.3 is 0 Å². The van der Waals surface area contributed by atoms with E-state index in [9.17, 15) is 9.59 Å². The van der Waals surface area contributed by atoms with Crippen molar-refractivity contribution in [3.63, 3.8) is 0 Å². The van der Waals surface area contributed by atoms with Crippen LogP contribution in [0.1, 0.15) is 32.3 Å². The molecule has 21 heavy (non-hydrogen) atoms. The molecule has 0 saturated carbocycles. The lowest BCUT2D eigenvalue weighted by Gasteiger charge is -2.23. The first kappa shape index (κ1) is 14.3. The Morgan fingerprint density at radius 2 is 1.52 bits per heavy atom. The van der Waals surface area contributed by atoms with Crippen molar-refractivity contribution in [2.24, 2.45) is 11.8 Å². The fourth-order valence-electron chi connectivity index (χ4n) is 3.23. The summed E-state index contributed by atoms with van der Waals surface area (Å²) in [6.45, 7) is 6.00. The molecule has 0 aromatic heterocycles. The maximum atomic E-state index is 12.6. The maximum Gasteiger partial charge on any atom is 0.238 e. The molecule has 3 rings (SSSR count). The summed E-state index contributed by atoms with van der Waals surface area (Å²) in [6, 6.07) is 5.34. The third kappa shape index (κ3) is 2.20. The highest BCUT2D eigenvalue weighted by atomic mass is 35.5. The Morgan fingerprint density at radius 1 is 1.00 bits per heavy atom. The monoisotopic (exact) mass is 303 g/mol. The molecule has 2 atom stereocenters. The van der Waals surface area contributed by atoms with E-state index < -0.39 is 0 Å². The van der Waals surface area contributed by atoms with Crippen LogP contribution in [0, 0.1) is 18.8 Å². The second-order valence-corrected chi connectivity index (χ2v) is 6.53. The number of aryl methyl sites for hydroxylation is 1. The Kier molecular flexibility index (Phi) is 3.40. The first-order chi connectivity index (χ1) is 9.90. The summed E-state index contributed by atoms with van der Waals surface area (Å²) in [5.74, 6) is -0.587. The molecule has 0 radical (unpaired) electrons. The Bertz CT molecular complexity index is 645. The van der Waals surface area contributed by atoms with E-state index in [1.54, 1.807) is 12.1 Å². The van der Waals surface area contributed by atoms with Gasteiger partial charge in [0.25, 0.3) is 0 Å². The van der Waals surface area contributed by atoms with Crippen LogP contribution in [0.3, 0.4) is 0 Å². The van der Waals surface area contributed by atoms with E-state index in [0.717, 1.165) is 5.56 Å². The molecule has 2 aliphatic rings. The van der Waals surface area contributed by atoms with Crippen LogP contribution in [0.5, 0.6) is 0 Å². The largest absolute Gasteiger partial charge is 0.274 e. The fourth-order valence-corrected chi connectivity index (χ4v) is 3.40. The van der Waals surface area contributed by atoms with E-state index in [2.05, 4.69) is 13.8 Å². The minimum atomic E-state index is -0.207. The van der Waals surface area contributed by atoms with Crippen molar-refractivity contribution in [2.75, 3.05) is 4.90 Å². The van der Waals surface area contributed by atoms with Crippen molar-refractivity contribution >= 4 is 29.1 Å². The molecule has 2 amide bonds. The summed E-state index contributed by atoms with van der Waals surface area (Å²) in [5, 5.41) is 0.577.